The summed E-state index contributed by atoms with van der Waals surface area (Å²) >= 11 is 0. The van der Waals surface area contributed by atoms with Crippen LogP contribution in [-0.2, 0) is 0 Å². The highest BCUT2D eigenvalue weighted by Crippen LogP contribution is 2.41. The SMILES string of the molecule is CC(C)(C)[C@@H](c1ccccc1O)N1CCNCC1.Cl.Cl. The average Bonchev–Trinajstić information content (AvgIpc) is 2.32. The summed E-state index contributed by atoms with van der Waals surface area (Å²) in [5.41, 5.74) is 1.16. The van der Waals surface area contributed by atoms with Crippen molar-refractivity contribution in [3.8, 4) is 5.75 Å². The first-order valence-electron chi connectivity index (χ1n) is 6.73. The Hall–Kier alpha value is -0.480. The molecule has 2 rings (SSSR count). The Balaban J connectivity index is 0.00000180. The van der Waals surface area contributed by atoms with E-state index in [4.69, 9.17) is 0 Å². The van der Waals surface area contributed by atoms with Gasteiger partial charge in [0, 0.05) is 37.8 Å². The minimum absolute atomic E-state index is 0. The molecule has 5 heteroatoms. The molecule has 0 spiro atoms. The lowest BCUT2D eigenvalue weighted by Crippen LogP contribution is -2.48. The highest BCUT2D eigenvalue weighted by Gasteiger charge is 2.33. The van der Waals surface area contributed by atoms with E-state index in [0.29, 0.717) is 5.75 Å². The summed E-state index contributed by atoms with van der Waals surface area (Å²) in [6.45, 7) is 10.9. The quantitative estimate of drug-likeness (QED) is 0.878. The van der Waals surface area contributed by atoms with Crippen molar-refractivity contribution in [2.45, 2.75) is 26.8 Å². The smallest absolute Gasteiger partial charge is 0.120 e. The number of benzene rings is 1. The molecule has 0 unspecified atom stereocenters. The van der Waals surface area contributed by atoms with Gasteiger partial charge in [-0.25, -0.2) is 0 Å². The van der Waals surface area contributed by atoms with Crippen molar-refractivity contribution in [3.63, 3.8) is 0 Å². The summed E-state index contributed by atoms with van der Waals surface area (Å²) < 4.78 is 0. The molecule has 116 valence electrons. The van der Waals surface area contributed by atoms with Crippen LogP contribution in [0.1, 0.15) is 32.4 Å². The number of nitrogens with zero attached hydrogens (tertiary/aromatic N) is 1. The van der Waals surface area contributed by atoms with Crippen LogP contribution in [0.25, 0.3) is 0 Å². The van der Waals surface area contributed by atoms with Crippen LogP contribution in [0.4, 0.5) is 0 Å². The van der Waals surface area contributed by atoms with Gasteiger partial charge in [0.05, 0.1) is 0 Å². The van der Waals surface area contributed by atoms with Crippen molar-refractivity contribution in [2.75, 3.05) is 26.2 Å². The fourth-order valence-corrected chi connectivity index (χ4v) is 2.87. The summed E-state index contributed by atoms with van der Waals surface area (Å²) in [7, 11) is 0. The van der Waals surface area contributed by atoms with Crippen molar-refractivity contribution in [1.82, 2.24) is 10.2 Å². The Bertz CT molecular complexity index is 401. The third-order valence-corrected chi connectivity index (χ3v) is 3.57. The summed E-state index contributed by atoms with van der Waals surface area (Å²) in [5.74, 6) is 0.413. The van der Waals surface area contributed by atoms with Gasteiger partial charge in [0.1, 0.15) is 5.75 Å². The maximum Gasteiger partial charge on any atom is 0.120 e. The lowest BCUT2D eigenvalue weighted by molar-refractivity contribution is 0.0842. The molecule has 0 amide bonds. The standard InChI is InChI=1S/C15H24N2O.2ClH/c1-15(2,3)14(17-10-8-16-9-11-17)12-6-4-5-7-13(12)18;;/h4-7,14,16,18H,8-11H2,1-3H3;2*1H/t14-;;/m1../s1. The highest BCUT2D eigenvalue weighted by atomic mass is 35.5. The zero-order valence-corrected chi connectivity index (χ0v) is 14.1. The summed E-state index contributed by atoms with van der Waals surface area (Å²) in [5, 5.41) is 13.5. The lowest BCUT2D eigenvalue weighted by Gasteiger charge is -2.42. The number of halogens is 2. The molecule has 1 aliphatic rings. The number of rotatable bonds is 2. The number of hydrogen-bond donors (Lipinski definition) is 2. The van der Waals surface area contributed by atoms with E-state index in [0.717, 1.165) is 31.7 Å². The van der Waals surface area contributed by atoms with Gasteiger partial charge in [-0.05, 0) is 11.5 Å². The first-order valence-corrected chi connectivity index (χ1v) is 6.73. The van der Waals surface area contributed by atoms with Gasteiger partial charge in [0.25, 0.3) is 0 Å². The van der Waals surface area contributed by atoms with Crippen LogP contribution in [0.2, 0.25) is 0 Å². The molecule has 1 heterocycles. The van der Waals surface area contributed by atoms with Gasteiger partial charge >= 0.3 is 0 Å². The minimum atomic E-state index is 0. The van der Waals surface area contributed by atoms with Gasteiger partial charge in [-0.2, -0.15) is 0 Å². The fourth-order valence-electron chi connectivity index (χ4n) is 2.87. The molecule has 1 atom stereocenters. The number of phenolic OH excluding ortho intramolecular Hbond substituents is 1. The van der Waals surface area contributed by atoms with Gasteiger partial charge in [-0.1, -0.05) is 39.0 Å². The van der Waals surface area contributed by atoms with Crippen LogP contribution in [0, 0.1) is 5.41 Å². The maximum atomic E-state index is 10.1. The summed E-state index contributed by atoms with van der Waals surface area (Å²) in [6.07, 6.45) is 0. The van der Waals surface area contributed by atoms with Gasteiger partial charge in [0.2, 0.25) is 0 Å². The van der Waals surface area contributed by atoms with Crippen LogP contribution in [0.15, 0.2) is 24.3 Å². The van der Waals surface area contributed by atoms with E-state index in [9.17, 15) is 5.11 Å². The topological polar surface area (TPSA) is 35.5 Å². The predicted molar refractivity (Wildman–Crippen MR) is 89.2 cm³/mol. The third kappa shape index (κ3) is 4.52. The van der Waals surface area contributed by atoms with E-state index in [1.165, 1.54) is 0 Å². The highest BCUT2D eigenvalue weighted by molar-refractivity contribution is 5.85. The van der Waals surface area contributed by atoms with Crippen molar-refractivity contribution < 1.29 is 5.11 Å². The van der Waals surface area contributed by atoms with Crippen molar-refractivity contribution in [3.05, 3.63) is 29.8 Å². The molecule has 1 fully saturated rings. The average molecular weight is 321 g/mol. The minimum Gasteiger partial charge on any atom is -0.508 e. The van der Waals surface area contributed by atoms with Crippen LogP contribution in [-0.4, -0.2) is 36.2 Å². The van der Waals surface area contributed by atoms with E-state index < -0.39 is 0 Å². The molecular formula is C15H26Cl2N2O. The molecule has 1 aliphatic heterocycles. The monoisotopic (exact) mass is 320 g/mol. The molecule has 2 N–H and O–H groups in total. The normalized spacial score (nSPS) is 17.8. The Morgan fingerprint density at radius 2 is 1.65 bits per heavy atom. The summed E-state index contributed by atoms with van der Waals surface area (Å²) in [6, 6.07) is 8.00. The molecule has 1 saturated heterocycles. The third-order valence-electron chi connectivity index (χ3n) is 3.57. The molecule has 3 nitrogen and oxygen atoms in total. The van der Waals surface area contributed by atoms with E-state index >= 15 is 0 Å². The Morgan fingerprint density at radius 1 is 1.10 bits per heavy atom. The van der Waals surface area contributed by atoms with Crippen molar-refractivity contribution in [2.24, 2.45) is 5.41 Å². The number of nitrogens with one attached hydrogen (secondary N) is 1. The largest absolute Gasteiger partial charge is 0.508 e. The van der Waals surface area contributed by atoms with Crippen LogP contribution >= 0.6 is 24.8 Å². The van der Waals surface area contributed by atoms with E-state index in [-0.39, 0.29) is 36.3 Å². The predicted octanol–water partition coefficient (Wildman–Crippen LogP) is 3.23. The first kappa shape index (κ1) is 19.5. The van der Waals surface area contributed by atoms with Gasteiger partial charge in [-0.15, -0.1) is 24.8 Å². The molecule has 0 bridgehead atoms. The number of piperazine rings is 1. The Labute approximate surface area is 134 Å². The first-order chi connectivity index (χ1) is 8.50. The molecular weight excluding hydrogens is 295 g/mol. The lowest BCUT2D eigenvalue weighted by atomic mass is 9.80. The van der Waals surface area contributed by atoms with E-state index in [2.05, 4.69) is 31.0 Å². The maximum absolute atomic E-state index is 10.1. The van der Waals surface area contributed by atoms with Crippen molar-refractivity contribution >= 4 is 24.8 Å². The molecule has 0 aromatic heterocycles. The zero-order chi connectivity index (χ0) is 13.2. The summed E-state index contributed by atoms with van der Waals surface area (Å²) in [4.78, 5) is 2.48. The molecule has 20 heavy (non-hydrogen) atoms. The van der Waals surface area contributed by atoms with Crippen molar-refractivity contribution in [1.29, 1.82) is 0 Å². The molecule has 0 radical (unpaired) electrons. The molecule has 0 saturated carbocycles. The second-order valence-electron chi connectivity index (χ2n) is 6.11. The number of hydrogen-bond acceptors (Lipinski definition) is 3. The second-order valence-corrected chi connectivity index (χ2v) is 6.11. The second kappa shape index (κ2) is 8.08. The van der Waals surface area contributed by atoms with Crippen LogP contribution in [0.5, 0.6) is 5.75 Å². The molecule has 0 aliphatic carbocycles. The van der Waals surface area contributed by atoms with E-state index in [1.54, 1.807) is 6.07 Å². The number of para-hydroxylation sites is 1. The number of aromatic hydroxyl groups is 1. The number of phenols is 1. The Morgan fingerprint density at radius 3 is 2.15 bits per heavy atom. The molecule has 1 aromatic carbocycles. The van der Waals surface area contributed by atoms with Gasteiger partial charge in [0.15, 0.2) is 0 Å². The van der Waals surface area contributed by atoms with Crippen LogP contribution in [0.3, 0.4) is 0 Å². The zero-order valence-electron chi connectivity index (χ0n) is 12.4. The molecule has 1 aromatic rings. The van der Waals surface area contributed by atoms with E-state index in [1.807, 2.05) is 18.2 Å². The van der Waals surface area contributed by atoms with Crippen LogP contribution < -0.4 is 5.32 Å². The van der Waals surface area contributed by atoms with Gasteiger partial charge < -0.3 is 10.4 Å². The fraction of sp³-hybridized carbons (Fsp3) is 0.600. The van der Waals surface area contributed by atoms with Gasteiger partial charge in [-0.3, -0.25) is 4.90 Å². The Kier molecular flexibility index (Phi) is 7.89.